The molecule has 28 heavy (non-hydrogen) atoms. The number of anilines is 1. The Morgan fingerprint density at radius 1 is 1.25 bits per heavy atom. The number of fused-ring (bicyclic) bond motifs is 1. The molecule has 0 radical (unpaired) electrons. The second-order valence-electron chi connectivity index (χ2n) is 6.86. The maximum absolute atomic E-state index is 12.4. The molecule has 0 aliphatic carbocycles. The number of carbonyl (C=O) groups excluding carboxylic acids is 1. The predicted octanol–water partition coefficient (Wildman–Crippen LogP) is 1.28. The molecule has 1 aliphatic heterocycles. The third-order valence-electron chi connectivity index (χ3n) is 4.89. The van der Waals surface area contributed by atoms with Gasteiger partial charge in [0.25, 0.3) is 5.91 Å². The van der Waals surface area contributed by atoms with Crippen LogP contribution in [0.5, 0.6) is 0 Å². The molecule has 0 bridgehead atoms. The van der Waals surface area contributed by atoms with E-state index in [1.165, 1.54) is 6.42 Å². The molecule has 3 heterocycles. The first kappa shape index (κ1) is 18.4. The van der Waals surface area contributed by atoms with E-state index in [9.17, 15) is 4.79 Å². The Balaban J connectivity index is 1.49. The quantitative estimate of drug-likeness (QED) is 0.492. The highest BCUT2D eigenvalue weighted by atomic mass is 16.3. The van der Waals surface area contributed by atoms with Crippen molar-refractivity contribution >= 4 is 17.4 Å². The number of aromatic nitrogens is 3. The van der Waals surface area contributed by atoms with Crippen molar-refractivity contribution in [3.8, 4) is 11.3 Å². The molecule has 1 amide bonds. The van der Waals surface area contributed by atoms with Crippen LogP contribution in [-0.4, -0.2) is 57.9 Å². The maximum atomic E-state index is 12.4. The zero-order valence-electron chi connectivity index (χ0n) is 15.6. The number of carbonyl (C=O) groups is 1. The van der Waals surface area contributed by atoms with E-state index in [4.69, 9.17) is 5.11 Å². The molecule has 0 spiro atoms. The molecule has 3 aromatic rings. The highest BCUT2D eigenvalue weighted by Gasteiger charge is 2.15. The summed E-state index contributed by atoms with van der Waals surface area (Å²) in [6, 6.07) is 11.5. The van der Waals surface area contributed by atoms with Gasteiger partial charge in [0.15, 0.2) is 5.65 Å². The lowest BCUT2D eigenvalue weighted by molar-refractivity contribution is 0.0950. The lowest BCUT2D eigenvalue weighted by atomic mass is 10.1. The normalized spacial score (nSPS) is 16.4. The van der Waals surface area contributed by atoms with Gasteiger partial charge in [0.1, 0.15) is 5.82 Å². The van der Waals surface area contributed by atoms with E-state index in [2.05, 4.69) is 26.0 Å². The van der Waals surface area contributed by atoms with E-state index in [0.29, 0.717) is 30.5 Å². The fraction of sp³-hybridized carbons (Fsp3) is 0.350. The number of imidazole rings is 1. The highest BCUT2D eigenvalue weighted by Crippen LogP contribution is 2.21. The van der Waals surface area contributed by atoms with E-state index in [1.807, 2.05) is 36.4 Å². The van der Waals surface area contributed by atoms with Gasteiger partial charge in [-0.3, -0.25) is 4.79 Å². The molecule has 1 saturated heterocycles. The van der Waals surface area contributed by atoms with Crippen LogP contribution in [-0.2, 0) is 0 Å². The average molecular weight is 380 g/mol. The predicted molar refractivity (Wildman–Crippen MR) is 107 cm³/mol. The van der Waals surface area contributed by atoms with Gasteiger partial charge >= 0.3 is 0 Å². The Labute approximate surface area is 163 Å². The van der Waals surface area contributed by atoms with Crippen molar-refractivity contribution in [1.29, 1.82) is 0 Å². The summed E-state index contributed by atoms with van der Waals surface area (Å²) in [6.45, 7) is 2.15. The van der Waals surface area contributed by atoms with Crippen LogP contribution >= 0.6 is 0 Å². The average Bonchev–Trinajstić information content (AvgIpc) is 3.40. The van der Waals surface area contributed by atoms with E-state index < -0.39 is 0 Å². The van der Waals surface area contributed by atoms with Crippen molar-refractivity contribution in [1.82, 2.24) is 25.2 Å². The first-order chi connectivity index (χ1) is 13.7. The lowest BCUT2D eigenvalue weighted by Gasteiger charge is -2.11. The fourth-order valence-electron chi connectivity index (χ4n) is 3.39. The summed E-state index contributed by atoms with van der Waals surface area (Å²) in [6.07, 6.45) is 4.04. The Morgan fingerprint density at radius 2 is 2.11 bits per heavy atom. The molecule has 1 fully saturated rings. The Hall–Kier alpha value is -2.97. The van der Waals surface area contributed by atoms with Crippen molar-refractivity contribution < 1.29 is 9.90 Å². The summed E-state index contributed by atoms with van der Waals surface area (Å²) in [5, 5.41) is 22.9. The molecule has 1 aromatic carbocycles. The smallest absolute Gasteiger partial charge is 0.251 e. The molecule has 8 nitrogen and oxygen atoms in total. The zero-order chi connectivity index (χ0) is 19.3. The topological polar surface area (TPSA) is 104 Å². The van der Waals surface area contributed by atoms with E-state index >= 15 is 0 Å². The van der Waals surface area contributed by atoms with Crippen molar-refractivity contribution in [2.75, 3.05) is 31.6 Å². The minimum Gasteiger partial charge on any atom is -0.395 e. The number of hydrogen-bond donors (Lipinski definition) is 4. The van der Waals surface area contributed by atoms with Crippen molar-refractivity contribution in [3.05, 3.63) is 48.2 Å². The van der Waals surface area contributed by atoms with Crippen LogP contribution in [0.1, 0.15) is 23.2 Å². The molecular formula is C20H24N6O2. The number of hydrogen-bond acceptors (Lipinski definition) is 6. The Bertz CT molecular complexity index is 947. The summed E-state index contributed by atoms with van der Waals surface area (Å²) in [5.41, 5.74) is 3.13. The third kappa shape index (κ3) is 3.97. The van der Waals surface area contributed by atoms with Crippen LogP contribution in [0.25, 0.3) is 16.9 Å². The molecule has 2 aromatic heterocycles. The highest BCUT2D eigenvalue weighted by molar-refractivity contribution is 5.94. The number of benzene rings is 1. The van der Waals surface area contributed by atoms with Gasteiger partial charge in [0.2, 0.25) is 0 Å². The standard InChI is InChI=1S/C20H24N6O2/c27-11-10-22-18-7-8-19-23-13-17(26(19)25-18)14-3-5-15(6-4-14)20(28)24-12-16-2-1-9-21-16/h3-8,13,16,21,27H,1-2,9-12H2,(H,22,25)(H,24,28)/t16-/m0/s1. The SMILES string of the molecule is O=C(NC[C@@H]1CCCN1)c1ccc(-c2cnc3ccc(NCCO)nn23)cc1. The van der Waals surface area contributed by atoms with E-state index in [-0.39, 0.29) is 12.5 Å². The van der Waals surface area contributed by atoms with Crippen LogP contribution < -0.4 is 16.0 Å². The van der Waals surface area contributed by atoms with Gasteiger partial charge in [-0.25, -0.2) is 9.50 Å². The fourth-order valence-corrected chi connectivity index (χ4v) is 3.39. The van der Waals surface area contributed by atoms with E-state index in [0.717, 1.165) is 29.9 Å². The second kappa shape index (κ2) is 8.37. The van der Waals surface area contributed by atoms with Crippen LogP contribution in [0, 0.1) is 0 Å². The molecule has 4 N–H and O–H groups in total. The number of aliphatic hydroxyl groups is 1. The first-order valence-corrected chi connectivity index (χ1v) is 9.56. The summed E-state index contributed by atoms with van der Waals surface area (Å²) in [7, 11) is 0. The largest absolute Gasteiger partial charge is 0.395 e. The van der Waals surface area contributed by atoms with Crippen molar-refractivity contribution in [2.24, 2.45) is 0 Å². The van der Waals surface area contributed by atoms with Gasteiger partial charge in [-0.05, 0) is 43.7 Å². The van der Waals surface area contributed by atoms with Crippen LogP contribution in [0.15, 0.2) is 42.6 Å². The molecule has 1 atom stereocenters. The second-order valence-corrected chi connectivity index (χ2v) is 6.86. The van der Waals surface area contributed by atoms with Crippen molar-refractivity contribution in [3.63, 3.8) is 0 Å². The zero-order valence-corrected chi connectivity index (χ0v) is 15.6. The minimum absolute atomic E-state index is 0.0385. The number of nitrogens with one attached hydrogen (secondary N) is 3. The lowest BCUT2D eigenvalue weighted by Crippen LogP contribution is -2.37. The first-order valence-electron chi connectivity index (χ1n) is 9.56. The summed E-state index contributed by atoms with van der Waals surface area (Å²) in [4.78, 5) is 16.7. The Morgan fingerprint density at radius 3 is 2.86 bits per heavy atom. The van der Waals surface area contributed by atoms with Crippen molar-refractivity contribution in [2.45, 2.75) is 18.9 Å². The summed E-state index contributed by atoms with van der Waals surface area (Å²) < 4.78 is 1.75. The van der Waals surface area contributed by atoms with Crippen LogP contribution in [0.3, 0.4) is 0 Å². The molecule has 4 rings (SSSR count). The molecule has 0 saturated carbocycles. The van der Waals surface area contributed by atoms with Gasteiger partial charge in [0, 0.05) is 30.3 Å². The van der Waals surface area contributed by atoms with Gasteiger partial charge in [0.05, 0.1) is 18.5 Å². The molecule has 1 aliphatic rings. The number of rotatable bonds is 7. The molecule has 8 heteroatoms. The van der Waals surface area contributed by atoms with Gasteiger partial charge in [-0.15, -0.1) is 5.10 Å². The summed E-state index contributed by atoms with van der Waals surface area (Å²) in [5.74, 6) is 0.601. The molecule has 146 valence electrons. The maximum Gasteiger partial charge on any atom is 0.251 e. The van der Waals surface area contributed by atoms with E-state index in [1.54, 1.807) is 10.7 Å². The van der Waals surface area contributed by atoms with Gasteiger partial charge in [-0.1, -0.05) is 12.1 Å². The monoisotopic (exact) mass is 380 g/mol. The number of aliphatic hydroxyl groups excluding tert-OH is 1. The molecule has 0 unspecified atom stereocenters. The number of amides is 1. The van der Waals surface area contributed by atoms with Gasteiger partial charge < -0.3 is 21.1 Å². The summed E-state index contributed by atoms with van der Waals surface area (Å²) >= 11 is 0. The van der Waals surface area contributed by atoms with Gasteiger partial charge in [-0.2, -0.15) is 0 Å². The van der Waals surface area contributed by atoms with Crippen LogP contribution in [0.4, 0.5) is 5.82 Å². The van der Waals surface area contributed by atoms with Crippen LogP contribution in [0.2, 0.25) is 0 Å². The Kier molecular flexibility index (Phi) is 5.50. The number of nitrogens with zero attached hydrogens (tertiary/aromatic N) is 3. The third-order valence-corrected chi connectivity index (χ3v) is 4.89. The molecular weight excluding hydrogens is 356 g/mol. The minimum atomic E-state index is -0.0630.